The van der Waals surface area contributed by atoms with E-state index >= 15 is 0 Å². The standard InChI is InChI=1S/C14H15N3OS/c1-10(18)17-12-3-5-13(6-4-12)19-9-11-2-7-14(15)16-8-11/h2-8H,9H2,1H3,(H2,15,16)(H,17,18). The molecule has 0 aliphatic heterocycles. The summed E-state index contributed by atoms with van der Waals surface area (Å²) in [6.07, 6.45) is 1.79. The van der Waals surface area contributed by atoms with E-state index in [0.29, 0.717) is 5.82 Å². The number of rotatable bonds is 4. The number of thioether (sulfide) groups is 1. The van der Waals surface area contributed by atoms with Crippen LogP contribution in [-0.4, -0.2) is 10.9 Å². The van der Waals surface area contributed by atoms with Crippen molar-refractivity contribution in [2.24, 2.45) is 0 Å². The number of pyridine rings is 1. The zero-order chi connectivity index (χ0) is 13.7. The van der Waals surface area contributed by atoms with E-state index in [1.807, 2.05) is 30.3 Å². The molecule has 3 N–H and O–H groups in total. The molecule has 1 amide bonds. The zero-order valence-corrected chi connectivity index (χ0v) is 11.4. The lowest BCUT2D eigenvalue weighted by atomic mass is 10.3. The van der Waals surface area contributed by atoms with Crippen molar-refractivity contribution < 1.29 is 4.79 Å². The summed E-state index contributed by atoms with van der Waals surface area (Å²) >= 11 is 1.71. The van der Waals surface area contributed by atoms with Crippen molar-refractivity contribution in [2.75, 3.05) is 11.1 Å². The Hall–Kier alpha value is -2.01. The van der Waals surface area contributed by atoms with Crippen LogP contribution >= 0.6 is 11.8 Å². The van der Waals surface area contributed by atoms with E-state index in [9.17, 15) is 4.79 Å². The van der Waals surface area contributed by atoms with Crippen LogP contribution in [0.1, 0.15) is 12.5 Å². The summed E-state index contributed by atoms with van der Waals surface area (Å²) in [5.74, 6) is 1.31. The molecule has 0 radical (unpaired) electrons. The van der Waals surface area contributed by atoms with Gasteiger partial charge in [0, 0.05) is 29.5 Å². The van der Waals surface area contributed by atoms with Gasteiger partial charge in [-0.15, -0.1) is 11.8 Å². The van der Waals surface area contributed by atoms with Gasteiger partial charge >= 0.3 is 0 Å². The van der Waals surface area contributed by atoms with Crippen LogP contribution in [0.4, 0.5) is 11.5 Å². The van der Waals surface area contributed by atoms with Crippen molar-refractivity contribution in [3.63, 3.8) is 0 Å². The Balaban J connectivity index is 1.92. The third kappa shape index (κ3) is 4.30. The van der Waals surface area contributed by atoms with E-state index in [4.69, 9.17) is 5.73 Å². The maximum Gasteiger partial charge on any atom is 0.221 e. The summed E-state index contributed by atoms with van der Waals surface area (Å²) < 4.78 is 0. The summed E-state index contributed by atoms with van der Waals surface area (Å²) in [6.45, 7) is 1.50. The van der Waals surface area contributed by atoms with Crippen molar-refractivity contribution in [2.45, 2.75) is 17.6 Å². The molecule has 0 fully saturated rings. The number of carbonyl (C=O) groups is 1. The number of carbonyl (C=O) groups excluding carboxylic acids is 1. The van der Waals surface area contributed by atoms with Gasteiger partial charge in [0.1, 0.15) is 5.82 Å². The molecular weight excluding hydrogens is 258 g/mol. The Bertz CT molecular complexity index is 552. The number of anilines is 2. The largest absolute Gasteiger partial charge is 0.384 e. The number of hydrogen-bond acceptors (Lipinski definition) is 4. The Morgan fingerprint density at radius 1 is 1.26 bits per heavy atom. The van der Waals surface area contributed by atoms with Crippen LogP contribution in [0.25, 0.3) is 0 Å². The SMILES string of the molecule is CC(=O)Nc1ccc(SCc2ccc(N)nc2)cc1. The van der Waals surface area contributed by atoms with Crippen LogP contribution < -0.4 is 11.1 Å². The van der Waals surface area contributed by atoms with E-state index in [-0.39, 0.29) is 5.91 Å². The fraction of sp³-hybridized carbons (Fsp3) is 0.143. The molecule has 98 valence electrons. The Morgan fingerprint density at radius 2 is 2.00 bits per heavy atom. The molecule has 2 aromatic rings. The number of nitrogen functional groups attached to an aromatic ring is 1. The average Bonchev–Trinajstić information content (AvgIpc) is 2.39. The maximum absolute atomic E-state index is 10.9. The summed E-state index contributed by atoms with van der Waals surface area (Å²) in [6, 6.07) is 11.5. The van der Waals surface area contributed by atoms with Gasteiger partial charge < -0.3 is 11.1 Å². The molecule has 4 nitrogen and oxygen atoms in total. The molecule has 1 aromatic heterocycles. The van der Waals surface area contributed by atoms with Gasteiger partial charge in [0.25, 0.3) is 0 Å². The highest BCUT2D eigenvalue weighted by Gasteiger charge is 1.99. The van der Waals surface area contributed by atoms with E-state index in [2.05, 4.69) is 10.3 Å². The predicted octanol–water partition coefficient (Wildman–Crippen LogP) is 2.91. The third-order valence-electron chi connectivity index (χ3n) is 2.43. The average molecular weight is 273 g/mol. The smallest absolute Gasteiger partial charge is 0.221 e. The molecule has 0 spiro atoms. The summed E-state index contributed by atoms with van der Waals surface area (Å²) in [4.78, 5) is 16.1. The van der Waals surface area contributed by atoms with Crippen molar-refractivity contribution in [1.29, 1.82) is 0 Å². The van der Waals surface area contributed by atoms with Crippen LogP contribution in [0.2, 0.25) is 0 Å². The predicted molar refractivity (Wildman–Crippen MR) is 79.0 cm³/mol. The topological polar surface area (TPSA) is 68.0 Å². The molecule has 0 atom stereocenters. The number of nitrogens with two attached hydrogens (primary N) is 1. The quantitative estimate of drug-likeness (QED) is 0.840. The molecule has 1 aromatic carbocycles. The van der Waals surface area contributed by atoms with Gasteiger partial charge in [-0.1, -0.05) is 6.07 Å². The van der Waals surface area contributed by atoms with Gasteiger partial charge in [0.05, 0.1) is 0 Å². The van der Waals surface area contributed by atoms with Gasteiger partial charge in [0.15, 0.2) is 0 Å². The monoisotopic (exact) mass is 273 g/mol. The minimum absolute atomic E-state index is 0.0617. The van der Waals surface area contributed by atoms with Crippen molar-refractivity contribution >= 4 is 29.2 Å². The lowest BCUT2D eigenvalue weighted by Crippen LogP contribution is -2.05. The van der Waals surface area contributed by atoms with Crippen molar-refractivity contribution in [3.05, 3.63) is 48.2 Å². The number of hydrogen-bond donors (Lipinski definition) is 2. The summed E-state index contributed by atoms with van der Waals surface area (Å²) in [5, 5.41) is 2.74. The second kappa shape index (κ2) is 6.24. The zero-order valence-electron chi connectivity index (χ0n) is 10.6. The van der Waals surface area contributed by atoms with E-state index < -0.39 is 0 Å². The molecule has 0 bridgehead atoms. The fourth-order valence-electron chi connectivity index (χ4n) is 1.53. The molecule has 19 heavy (non-hydrogen) atoms. The van der Waals surface area contributed by atoms with Gasteiger partial charge in [-0.05, 0) is 35.9 Å². The van der Waals surface area contributed by atoms with Gasteiger partial charge in [0.2, 0.25) is 5.91 Å². The first kappa shape index (κ1) is 13.4. The molecule has 0 saturated carbocycles. The summed E-state index contributed by atoms with van der Waals surface area (Å²) in [5.41, 5.74) is 7.48. The minimum Gasteiger partial charge on any atom is -0.384 e. The van der Waals surface area contributed by atoms with Crippen LogP contribution in [-0.2, 0) is 10.5 Å². The highest BCUT2D eigenvalue weighted by atomic mass is 32.2. The Labute approximate surface area is 116 Å². The fourth-order valence-corrected chi connectivity index (χ4v) is 2.36. The maximum atomic E-state index is 10.9. The molecule has 0 aliphatic carbocycles. The first-order valence-corrected chi connectivity index (χ1v) is 6.83. The van der Waals surface area contributed by atoms with Crippen LogP contribution in [0.3, 0.4) is 0 Å². The van der Waals surface area contributed by atoms with Gasteiger partial charge in [-0.2, -0.15) is 0 Å². The highest BCUT2D eigenvalue weighted by Crippen LogP contribution is 2.24. The second-order valence-corrected chi connectivity index (χ2v) is 5.13. The minimum atomic E-state index is -0.0617. The van der Waals surface area contributed by atoms with Crippen LogP contribution in [0.5, 0.6) is 0 Å². The molecule has 5 heteroatoms. The molecule has 0 saturated heterocycles. The molecule has 0 aliphatic rings. The highest BCUT2D eigenvalue weighted by molar-refractivity contribution is 7.98. The number of amides is 1. The first-order chi connectivity index (χ1) is 9.13. The van der Waals surface area contributed by atoms with E-state index in [1.165, 1.54) is 6.92 Å². The molecule has 1 heterocycles. The van der Waals surface area contributed by atoms with Crippen molar-refractivity contribution in [3.8, 4) is 0 Å². The molecule has 0 unspecified atom stereocenters. The number of aromatic nitrogens is 1. The van der Waals surface area contributed by atoms with Crippen molar-refractivity contribution in [1.82, 2.24) is 4.98 Å². The lowest BCUT2D eigenvalue weighted by Gasteiger charge is -2.05. The Morgan fingerprint density at radius 3 is 2.58 bits per heavy atom. The molecule has 2 rings (SSSR count). The second-order valence-electron chi connectivity index (χ2n) is 4.09. The van der Waals surface area contributed by atoms with Crippen LogP contribution in [0, 0.1) is 0 Å². The van der Waals surface area contributed by atoms with Crippen LogP contribution in [0.15, 0.2) is 47.5 Å². The summed E-state index contributed by atoms with van der Waals surface area (Å²) in [7, 11) is 0. The first-order valence-electron chi connectivity index (χ1n) is 5.84. The van der Waals surface area contributed by atoms with Gasteiger partial charge in [-0.25, -0.2) is 4.98 Å². The van der Waals surface area contributed by atoms with Gasteiger partial charge in [-0.3, -0.25) is 4.79 Å². The van der Waals surface area contributed by atoms with E-state index in [0.717, 1.165) is 21.9 Å². The number of nitrogens with one attached hydrogen (secondary N) is 1. The lowest BCUT2D eigenvalue weighted by molar-refractivity contribution is -0.114. The number of nitrogens with zero attached hydrogens (tertiary/aromatic N) is 1. The molecular formula is C14H15N3OS. The van der Waals surface area contributed by atoms with E-state index in [1.54, 1.807) is 24.0 Å². The number of benzene rings is 1. The Kier molecular flexibility index (Phi) is 4.41. The normalized spacial score (nSPS) is 10.2. The third-order valence-corrected chi connectivity index (χ3v) is 3.51.